The van der Waals surface area contributed by atoms with Gasteiger partial charge in [0.2, 0.25) is 0 Å². The number of nitrogens with one attached hydrogen (secondary N) is 1. The maximum absolute atomic E-state index is 9.42. The van der Waals surface area contributed by atoms with Crippen molar-refractivity contribution in [3.63, 3.8) is 0 Å². The molecule has 1 aromatic heterocycles. The van der Waals surface area contributed by atoms with Gasteiger partial charge in [-0.25, -0.2) is 4.98 Å². The van der Waals surface area contributed by atoms with Crippen molar-refractivity contribution >= 4 is 27.3 Å². The second-order valence-corrected chi connectivity index (χ2v) is 6.08. The Labute approximate surface area is 95.7 Å². The molecule has 1 aromatic rings. The molecular weight excluding hydrogens is 264 g/mol. The molecule has 1 saturated carbocycles. The van der Waals surface area contributed by atoms with Gasteiger partial charge < -0.3 is 10.4 Å². The summed E-state index contributed by atoms with van der Waals surface area (Å²) >= 11 is 5.02. The number of hydrogen-bond donors (Lipinski definition) is 2. The average molecular weight is 277 g/mol. The van der Waals surface area contributed by atoms with Crippen molar-refractivity contribution in [3.8, 4) is 0 Å². The third-order valence-corrected chi connectivity index (χ3v) is 4.23. The first-order chi connectivity index (χ1) is 6.66. The molecule has 1 fully saturated rings. The van der Waals surface area contributed by atoms with E-state index in [-0.39, 0.29) is 18.2 Å². The van der Waals surface area contributed by atoms with E-state index < -0.39 is 0 Å². The Morgan fingerprint density at radius 2 is 2.50 bits per heavy atom. The van der Waals surface area contributed by atoms with Gasteiger partial charge in [0.15, 0.2) is 0 Å². The molecule has 78 valence electrons. The van der Waals surface area contributed by atoms with Crippen LogP contribution in [-0.2, 0) is 0 Å². The zero-order chi connectivity index (χ0) is 10.1. The molecule has 1 heterocycles. The zero-order valence-corrected chi connectivity index (χ0v) is 10.3. The molecule has 2 N–H and O–H groups in total. The quantitative estimate of drug-likeness (QED) is 0.889. The highest BCUT2D eigenvalue weighted by Crippen LogP contribution is 2.27. The summed E-state index contributed by atoms with van der Waals surface area (Å²) < 4.78 is 1.05. The monoisotopic (exact) mass is 276 g/mol. The summed E-state index contributed by atoms with van der Waals surface area (Å²) in [6.07, 6.45) is 3.64. The maximum Gasteiger partial charge on any atom is 0.110 e. The number of aliphatic hydroxyl groups excluding tert-OH is 1. The van der Waals surface area contributed by atoms with Gasteiger partial charge >= 0.3 is 0 Å². The Balaban J connectivity index is 1.92. The summed E-state index contributed by atoms with van der Waals surface area (Å²) in [5, 5.41) is 13.9. The van der Waals surface area contributed by atoms with Crippen molar-refractivity contribution in [2.24, 2.45) is 0 Å². The van der Waals surface area contributed by atoms with Crippen molar-refractivity contribution in [1.29, 1.82) is 0 Å². The van der Waals surface area contributed by atoms with Crippen LogP contribution in [0.5, 0.6) is 0 Å². The summed E-state index contributed by atoms with van der Waals surface area (Å²) in [5.74, 6) is 0. The number of thiazole rings is 1. The highest BCUT2D eigenvalue weighted by molar-refractivity contribution is 9.11. The van der Waals surface area contributed by atoms with Gasteiger partial charge in [0.1, 0.15) is 5.01 Å². The molecule has 0 bridgehead atoms. The summed E-state index contributed by atoms with van der Waals surface area (Å²) in [5.41, 5.74) is 0. The van der Waals surface area contributed by atoms with Crippen LogP contribution in [-0.4, -0.2) is 22.2 Å². The number of aromatic nitrogens is 1. The van der Waals surface area contributed by atoms with Crippen LogP contribution in [0.2, 0.25) is 0 Å². The number of halogens is 1. The zero-order valence-electron chi connectivity index (χ0n) is 7.90. The molecule has 0 aliphatic heterocycles. The lowest BCUT2D eigenvalue weighted by Gasteiger charge is -2.35. The first-order valence-electron chi connectivity index (χ1n) is 4.72. The van der Waals surface area contributed by atoms with Gasteiger partial charge in [-0.2, -0.15) is 0 Å². The highest BCUT2D eigenvalue weighted by Gasteiger charge is 2.30. The minimum Gasteiger partial charge on any atom is -0.392 e. The molecule has 3 nitrogen and oxygen atoms in total. The van der Waals surface area contributed by atoms with Crippen LogP contribution in [0.3, 0.4) is 0 Å². The highest BCUT2D eigenvalue weighted by atomic mass is 79.9. The second-order valence-electron chi connectivity index (χ2n) is 3.64. The van der Waals surface area contributed by atoms with Crippen molar-refractivity contribution in [2.45, 2.75) is 38.0 Å². The first kappa shape index (κ1) is 10.5. The normalized spacial score (nSPS) is 28.5. The van der Waals surface area contributed by atoms with Crippen LogP contribution in [0.15, 0.2) is 9.98 Å². The lowest BCUT2D eigenvalue weighted by Crippen LogP contribution is -2.48. The van der Waals surface area contributed by atoms with E-state index in [1.54, 1.807) is 11.3 Å². The minimum absolute atomic E-state index is 0.166. The molecule has 5 heteroatoms. The summed E-state index contributed by atoms with van der Waals surface area (Å²) in [6, 6.07) is 0.485. The fourth-order valence-corrected chi connectivity index (χ4v) is 2.79. The molecule has 2 rings (SSSR count). The van der Waals surface area contributed by atoms with Gasteiger partial charge in [0.25, 0.3) is 0 Å². The molecule has 1 aliphatic rings. The van der Waals surface area contributed by atoms with Crippen molar-refractivity contribution < 1.29 is 5.11 Å². The number of hydrogen-bond acceptors (Lipinski definition) is 4. The van der Waals surface area contributed by atoms with Crippen LogP contribution >= 0.6 is 27.3 Å². The lowest BCUT2D eigenvalue weighted by molar-refractivity contribution is 0.0449. The summed E-state index contributed by atoms with van der Waals surface area (Å²) in [7, 11) is 0. The first-order valence-corrected chi connectivity index (χ1v) is 6.33. The third kappa shape index (κ3) is 2.16. The van der Waals surface area contributed by atoms with Gasteiger partial charge in [-0.1, -0.05) is 0 Å². The Morgan fingerprint density at radius 3 is 2.93 bits per heavy atom. The summed E-state index contributed by atoms with van der Waals surface area (Å²) in [6.45, 7) is 2.08. The van der Waals surface area contributed by atoms with Gasteiger partial charge in [-0.3, -0.25) is 0 Å². The van der Waals surface area contributed by atoms with E-state index in [1.807, 2.05) is 6.20 Å². The van der Waals surface area contributed by atoms with Crippen LogP contribution < -0.4 is 5.32 Å². The van der Waals surface area contributed by atoms with Crippen molar-refractivity contribution in [2.75, 3.05) is 0 Å². The van der Waals surface area contributed by atoms with E-state index in [4.69, 9.17) is 0 Å². The second kappa shape index (κ2) is 4.26. The van der Waals surface area contributed by atoms with E-state index in [0.717, 1.165) is 21.6 Å². The maximum atomic E-state index is 9.42. The Bertz CT molecular complexity index is 318. The smallest absolute Gasteiger partial charge is 0.110 e. The fraction of sp³-hybridized carbons (Fsp3) is 0.667. The third-order valence-electron chi connectivity index (χ3n) is 2.57. The fourth-order valence-electron chi connectivity index (χ4n) is 1.54. The molecule has 3 atom stereocenters. The van der Waals surface area contributed by atoms with Crippen LogP contribution in [0.1, 0.15) is 30.8 Å². The van der Waals surface area contributed by atoms with E-state index in [9.17, 15) is 5.11 Å². The molecule has 1 unspecified atom stereocenters. The van der Waals surface area contributed by atoms with Crippen molar-refractivity contribution in [1.82, 2.24) is 10.3 Å². The molecule has 0 radical (unpaired) electrons. The molecule has 1 aliphatic carbocycles. The lowest BCUT2D eigenvalue weighted by atomic mass is 9.89. The van der Waals surface area contributed by atoms with Crippen LogP contribution in [0.25, 0.3) is 0 Å². The standard InChI is InChI=1S/C9H13BrN2OS/c1-5(9-11-4-8(10)14-9)12-6-2-3-7(6)13/h4-7,12-13H,2-3H2,1H3/t5?,6-,7-/m1/s1. The predicted molar refractivity (Wildman–Crippen MR) is 60.4 cm³/mol. The Kier molecular flexibility index (Phi) is 3.21. The topological polar surface area (TPSA) is 45.1 Å². The summed E-state index contributed by atoms with van der Waals surface area (Å²) in [4.78, 5) is 4.28. The number of rotatable bonds is 3. The van der Waals surface area contributed by atoms with Crippen molar-refractivity contribution in [3.05, 3.63) is 15.0 Å². The van der Waals surface area contributed by atoms with E-state index in [0.29, 0.717) is 0 Å². The minimum atomic E-state index is -0.166. The van der Waals surface area contributed by atoms with Gasteiger partial charge in [-0.15, -0.1) is 11.3 Å². The van der Waals surface area contributed by atoms with E-state index in [2.05, 4.69) is 33.2 Å². The molecule has 0 aromatic carbocycles. The van der Waals surface area contributed by atoms with E-state index in [1.165, 1.54) is 0 Å². The van der Waals surface area contributed by atoms with Gasteiger partial charge in [0.05, 0.1) is 22.1 Å². The predicted octanol–water partition coefficient (Wildman–Crippen LogP) is 2.08. The molecule has 14 heavy (non-hydrogen) atoms. The number of nitrogens with zero attached hydrogens (tertiary/aromatic N) is 1. The molecule has 0 saturated heterocycles. The molecule has 0 spiro atoms. The SMILES string of the molecule is CC(N[C@@H]1CC[C@H]1O)c1ncc(Br)s1. The molecular formula is C9H13BrN2OS. The largest absolute Gasteiger partial charge is 0.392 e. The molecule has 0 amide bonds. The van der Waals surface area contributed by atoms with Crippen LogP contribution in [0, 0.1) is 0 Å². The van der Waals surface area contributed by atoms with Gasteiger partial charge in [-0.05, 0) is 35.7 Å². The van der Waals surface area contributed by atoms with E-state index >= 15 is 0 Å². The Morgan fingerprint density at radius 1 is 1.71 bits per heavy atom. The Hall–Kier alpha value is 0.0300. The number of aliphatic hydroxyl groups is 1. The van der Waals surface area contributed by atoms with Crippen LogP contribution in [0.4, 0.5) is 0 Å². The average Bonchev–Trinajstić information content (AvgIpc) is 2.58. The van der Waals surface area contributed by atoms with Gasteiger partial charge in [0, 0.05) is 6.04 Å².